The van der Waals surface area contributed by atoms with E-state index in [0.717, 1.165) is 6.26 Å². The van der Waals surface area contributed by atoms with E-state index >= 15 is 0 Å². The summed E-state index contributed by atoms with van der Waals surface area (Å²) in [7, 11) is -6.09. The van der Waals surface area contributed by atoms with Crippen LogP contribution in [0.1, 0.15) is 6.92 Å². The van der Waals surface area contributed by atoms with Crippen LogP contribution in [0.2, 0.25) is 0 Å². The van der Waals surface area contributed by atoms with Crippen molar-refractivity contribution in [2.45, 2.75) is 6.92 Å². The van der Waals surface area contributed by atoms with Crippen molar-refractivity contribution in [1.82, 2.24) is 10.0 Å². The van der Waals surface area contributed by atoms with Crippen LogP contribution in [0.5, 0.6) is 0 Å². The predicted molar refractivity (Wildman–Crippen MR) is 60.0 cm³/mol. The molecule has 0 spiro atoms. The Balaban J connectivity index is 3.50. The Morgan fingerprint density at radius 2 is 1.60 bits per heavy atom. The third-order valence-electron chi connectivity index (χ3n) is 1.70. The average molecular weight is 258 g/mol. The minimum atomic E-state index is -3.15. The van der Waals surface area contributed by atoms with Gasteiger partial charge in [-0.1, -0.05) is 6.92 Å². The molecule has 92 valence electrons. The molecular weight excluding hydrogens is 240 g/mol. The Hall–Kier alpha value is -0.180. The minimum absolute atomic E-state index is 0.0857. The van der Waals surface area contributed by atoms with Gasteiger partial charge in [0.1, 0.15) is 0 Å². The molecule has 0 fully saturated rings. The summed E-state index contributed by atoms with van der Waals surface area (Å²) < 4.78 is 45.6. The van der Waals surface area contributed by atoms with Crippen LogP contribution < -0.4 is 10.0 Å². The molecule has 0 aromatic rings. The van der Waals surface area contributed by atoms with Gasteiger partial charge in [0.25, 0.3) is 0 Å². The summed E-state index contributed by atoms with van der Waals surface area (Å²) in [5.74, 6) is 0.221. The first-order valence-electron chi connectivity index (χ1n) is 4.62. The molecule has 0 aliphatic heterocycles. The number of sulfone groups is 1. The zero-order valence-corrected chi connectivity index (χ0v) is 10.6. The van der Waals surface area contributed by atoms with Crippen LogP contribution in [-0.4, -0.2) is 54.2 Å². The molecule has 0 saturated carbocycles. The van der Waals surface area contributed by atoms with Crippen LogP contribution in [0, 0.1) is 0 Å². The Morgan fingerprint density at radius 1 is 1.00 bits per heavy atom. The van der Waals surface area contributed by atoms with Crippen LogP contribution in [0.25, 0.3) is 0 Å². The highest BCUT2D eigenvalue weighted by Crippen LogP contribution is 1.86. The largest absolute Gasteiger partial charge is 0.314 e. The number of hydrogen-bond donors (Lipinski definition) is 2. The minimum Gasteiger partial charge on any atom is -0.314 e. The number of rotatable bonds is 8. The van der Waals surface area contributed by atoms with Gasteiger partial charge in [-0.15, -0.1) is 0 Å². The predicted octanol–water partition coefficient (Wildman–Crippen LogP) is -1.44. The van der Waals surface area contributed by atoms with Crippen molar-refractivity contribution >= 4 is 19.9 Å². The smallest absolute Gasteiger partial charge is 0.208 e. The maximum Gasteiger partial charge on any atom is 0.208 e. The summed E-state index contributed by atoms with van der Waals surface area (Å²) >= 11 is 0. The summed E-state index contributed by atoms with van der Waals surface area (Å²) in [4.78, 5) is 0. The van der Waals surface area contributed by atoms with Crippen LogP contribution in [-0.2, 0) is 19.9 Å². The Kier molecular flexibility index (Phi) is 6.34. The molecule has 0 aliphatic carbocycles. The lowest BCUT2D eigenvalue weighted by Gasteiger charge is -2.05. The number of nitrogens with one attached hydrogen (secondary N) is 2. The standard InChI is InChI=1S/C7H18N2O4S2/c1-3-15(12,13)7-6-8-4-5-9-14(2,10)11/h8-9H,3-7H2,1-2H3. The molecule has 0 rings (SSSR count). The Bertz CT molecular complexity index is 360. The van der Waals surface area contributed by atoms with E-state index in [1.807, 2.05) is 0 Å². The summed E-state index contributed by atoms with van der Waals surface area (Å²) in [5, 5.41) is 2.84. The summed E-state index contributed by atoms with van der Waals surface area (Å²) in [6.07, 6.45) is 1.08. The number of hydrogen-bond acceptors (Lipinski definition) is 5. The Morgan fingerprint density at radius 3 is 2.07 bits per heavy atom. The van der Waals surface area contributed by atoms with Crippen LogP contribution in [0.3, 0.4) is 0 Å². The summed E-state index contributed by atoms with van der Waals surface area (Å²) in [6, 6.07) is 0. The maximum absolute atomic E-state index is 11.0. The molecule has 0 heterocycles. The molecule has 0 atom stereocenters. The van der Waals surface area contributed by atoms with E-state index in [0.29, 0.717) is 13.1 Å². The second kappa shape index (κ2) is 6.41. The molecule has 2 N–H and O–H groups in total. The zero-order chi connectivity index (χ0) is 11.9. The van der Waals surface area contributed by atoms with Crippen molar-refractivity contribution in [3.8, 4) is 0 Å². The van der Waals surface area contributed by atoms with E-state index in [1.165, 1.54) is 0 Å². The second-order valence-corrected chi connectivity index (χ2v) is 7.46. The molecule has 0 bridgehead atoms. The van der Waals surface area contributed by atoms with Gasteiger partial charge in [0, 0.05) is 25.4 Å². The molecule has 0 radical (unpaired) electrons. The topological polar surface area (TPSA) is 92.3 Å². The first-order chi connectivity index (χ1) is 6.77. The van der Waals surface area contributed by atoms with Crippen molar-refractivity contribution in [1.29, 1.82) is 0 Å². The van der Waals surface area contributed by atoms with Crippen molar-refractivity contribution in [3.63, 3.8) is 0 Å². The molecule has 0 aromatic heterocycles. The van der Waals surface area contributed by atoms with Crippen molar-refractivity contribution in [2.75, 3.05) is 37.4 Å². The normalized spacial score (nSPS) is 12.9. The van der Waals surface area contributed by atoms with Crippen molar-refractivity contribution < 1.29 is 16.8 Å². The Labute approximate surface area is 91.4 Å². The van der Waals surface area contributed by atoms with Gasteiger partial charge in [0.15, 0.2) is 9.84 Å². The lowest BCUT2D eigenvalue weighted by molar-refractivity contribution is 0.579. The van der Waals surface area contributed by atoms with E-state index in [4.69, 9.17) is 0 Å². The quantitative estimate of drug-likeness (QED) is 0.520. The van der Waals surface area contributed by atoms with Crippen LogP contribution in [0.4, 0.5) is 0 Å². The average Bonchev–Trinajstić information content (AvgIpc) is 2.09. The maximum atomic E-state index is 11.0. The lowest BCUT2D eigenvalue weighted by atomic mass is 10.6. The van der Waals surface area contributed by atoms with E-state index in [9.17, 15) is 16.8 Å². The van der Waals surface area contributed by atoms with Gasteiger partial charge < -0.3 is 5.32 Å². The van der Waals surface area contributed by atoms with Crippen molar-refractivity contribution in [3.05, 3.63) is 0 Å². The first kappa shape index (κ1) is 14.8. The second-order valence-electron chi connectivity index (χ2n) is 3.15. The fourth-order valence-corrected chi connectivity index (χ4v) is 2.04. The summed E-state index contributed by atoms with van der Waals surface area (Å²) in [6.45, 7) is 2.64. The monoisotopic (exact) mass is 258 g/mol. The fourth-order valence-electron chi connectivity index (χ4n) is 0.822. The van der Waals surface area contributed by atoms with Gasteiger partial charge in [-0.3, -0.25) is 0 Å². The lowest BCUT2D eigenvalue weighted by Crippen LogP contribution is -2.33. The van der Waals surface area contributed by atoms with Crippen molar-refractivity contribution in [2.24, 2.45) is 0 Å². The first-order valence-corrected chi connectivity index (χ1v) is 8.34. The fraction of sp³-hybridized carbons (Fsp3) is 1.00. The summed E-state index contributed by atoms with van der Waals surface area (Å²) in [5.41, 5.74) is 0. The molecular formula is C7H18N2O4S2. The highest BCUT2D eigenvalue weighted by Gasteiger charge is 2.05. The van der Waals surface area contributed by atoms with Gasteiger partial charge in [-0.2, -0.15) is 0 Å². The van der Waals surface area contributed by atoms with Crippen LogP contribution in [0.15, 0.2) is 0 Å². The molecule has 15 heavy (non-hydrogen) atoms. The van der Waals surface area contributed by atoms with Gasteiger partial charge in [0.2, 0.25) is 10.0 Å². The van der Waals surface area contributed by atoms with Gasteiger partial charge in [0.05, 0.1) is 12.0 Å². The van der Waals surface area contributed by atoms with Crippen LogP contribution >= 0.6 is 0 Å². The highest BCUT2D eigenvalue weighted by atomic mass is 32.2. The van der Waals surface area contributed by atoms with E-state index in [-0.39, 0.29) is 18.1 Å². The third-order valence-corrected chi connectivity index (χ3v) is 4.13. The molecule has 0 unspecified atom stereocenters. The SMILES string of the molecule is CCS(=O)(=O)CCNCCNS(C)(=O)=O. The van der Waals surface area contributed by atoms with Gasteiger partial charge >= 0.3 is 0 Å². The van der Waals surface area contributed by atoms with E-state index in [2.05, 4.69) is 10.0 Å². The van der Waals surface area contributed by atoms with E-state index < -0.39 is 19.9 Å². The van der Waals surface area contributed by atoms with Gasteiger partial charge in [-0.25, -0.2) is 21.6 Å². The zero-order valence-electron chi connectivity index (χ0n) is 8.99. The highest BCUT2D eigenvalue weighted by molar-refractivity contribution is 7.91. The molecule has 6 nitrogen and oxygen atoms in total. The molecule has 0 aromatic carbocycles. The number of sulfonamides is 1. The molecule has 8 heteroatoms. The molecule has 0 saturated heterocycles. The van der Waals surface area contributed by atoms with Gasteiger partial charge in [-0.05, 0) is 0 Å². The third kappa shape index (κ3) is 10.1. The molecule has 0 amide bonds. The van der Waals surface area contributed by atoms with E-state index in [1.54, 1.807) is 6.92 Å². The molecule has 0 aliphatic rings.